The molecule has 5 heteroatoms. The van der Waals surface area contributed by atoms with E-state index in [-0.39, 0.29) is 5.69 Å². The molecule has 0 unspecified atom stereocenters. The van der Waals surface area contributed by atoms with Gasteiger partial charge in [-0.25, -0.2) is 0 Å². The summed E-state index contributed by atoms with van der Waals surface area (Å²) >= 11 is 0. The van der Waals surface area contributed by atoms with Gasteiger partial charge < -0.3 is 9.47 Å². The molecule has 0 saturated heterocycles. The van der Waals surface area contributed by atoms with Crippen molar-refractivity contribution in [1.82, 2.24) is 0 Å². The predicted octanol–water partition coefficient (Wildman–Crippen LogP) is 3.36. The van der Waals surface area contributed by atoms with Gasteiger partial charge in [0, 0.05) is 6.07 Å². The van der Waals surface area contributed by atoms with Crippen molar-refractivity contribution < 1.29 is 14.4 Å². The van der Waals surface area contributed by atoms with Crippen molar-refractivity contribution in [2.24, 2.45) is 0 Å². The number of nitrogens with zero attached hydrogens (tertiary/aromatic N) is 1. The monoisotopic (exact) mass is 273 g/mol. The maximum Gasteiger partial charge on any atom is 0.273 e. The van der Waals surface area contributed by atoms with Crippen molar-refractivity contribution in [3.63, 3.8) is 0 Å². The second-order valence-corrected chi connectivity index (χ2v) is 4.27. The highest BCUT2D eigenvalue weighted by Gasteiger charge is 2.06. The predicted molar refractivity (Wildman–Crippen MR) is 75.3 cm³/mol. The van der Waals surface area contributed by atoms with E-state index in [9.17, 15) is 10.1 Å². The molecule has 2 aromatic carbocycles. The second-order valence-electron chi connectivity index (χ2n) is 4.27. The summed E-state index contributed by atoms with van der Waals surface area (Å²) in [7, 11) is 0. The Morgan fingerprint density at radius 1 is 1.00 bits per heavy atom. The summed E-state index contributed by atoms with van der Waals surface area (Å²) < 4.78 is 10.9. The zero-order valence-corrected chi connectivity index (χ0v) is 11.1. The molecule has 0 atom stereocenters. The number of rotatable bonds is 6. The molecular weight excluding hydrogens is 258 g/mol. The molecule has 0 amide bonds. The van der Waals surface area contributed by atoms with Gasteiger partial charge in [0.25, 0.3) is 5.69 Å². The van der Waals surface area contributed by atoms with Crippen LogP contribution in [0, 0.1) is 17.0 Å². The van der Waals surface area contributed by atoms with Gasteiger partial charge in [0.05, 0.1) is 11.0 Å². The minimum Gasteiger partial charge on any atom is -0.490 e. The molecule has 0 aromatic heterocycles. The molecule has 0 radical (unpaired) electrons. The van der Waals surface area contributed by atoms with E-state index in [1.165, 1.54) is 12.1 Å². The maximum absolute atomic E-state index is 10.6. The van der Waals surface area contributed by atoms with E-state index >= 15 is 0 Å². The topological polar surface area (TPSA) is 61.6 Å². The summed E-state index contributed by atoms with van der Waals surface area (Å²) in [5.74, 6) is 1.25. The van der Waals surface area contributed by atoms with Crippen molar-refractivity contribution in [1.29, 1.82) is 0 Å². The summed E-state index contributed by atoms with van der Waals surface area (Å²) in [6.07, 6.45) is 0. The normalized spacial score (nSPS) is 10.1. The molecule has 0 bridgehead atoms. The fourth-order valence-corrected chi connectivity index (χ4v) is 1.71. The molecule has 0 heterocycles. The van der Waals surface area contributed by atoms with E-state index in [1.54, 1.807) is 12.1 Å². The molecule has 104 valence electrons. The van der Waals surface area contributed by atoms with E-state index in [2.05, 4.69) is 0 Å². The van der Waals surface area contributed by atoms with E-state index < -0.39 is 4.92 Å². The molecule has 0 aliphatic heterocycles. The molecular formula is C15H15NO4. The quantitative estimate of drug-likeness (QED) is 0.460. The zero-order chi connectivity index (χ0) is 14.4. The van der Waals surface area contributed by atoms with E-state index in [0.29, 0.717) is 19.0 Å². The van der Waals surface area contributed by atoms with Crippen LogP contribution < -0.4 is 9.47 Å². The third-order valence-electron chi connectivity index (χ3n) is 2.64. The van der Waals surface area contributed by atoms with Crippen LogP contribution in [0.25, 0.3) is 0 Å². The molecule has 20 heavy (non-hydrogen) atoms. The third kappa shape index (κ3) is 3.98. The van der Waals surface area contributed by atoms with Crippen molar-refractivity contribution in [3.05, 3.63) is 64.2 Å². The smallest absolute Gasteiger partial charge is 0.273 e. The molecule has 0 aliphatic rings. The Morgan fingerprint density at radius 2 is 1.60 bits per heavy atom. The van der Waals surface area contributed by atoms with Crippen LogP contribution in [0.1, 0.15) is 5.56 Å². The van der Waals surface area contributed by atoms with Crippen LogP contribution in [0.15, 0.2) is 48.5 Å². The van der Waals surface area contributed by atoms with Crippen LogP contribution in [0.4, 0.5) is 5.69 Å². The molecule has 5 nitrogen and oxygen atoms in total. The summed E-state index contributed by atoms with van der Waals surface area (Å²) in [5, 5.41) is 10.6. The van der Waals surface area contributed by atoms with Gasteiger partial charge in [-0.2, -0.15) is 0 Å². The molecule has 2 rings (SSSR count). The molecule has 0 spiro atoms. The average molecular weight is 273 g/mol. The minimum absolute atomic E-state index is 0.0158. The van der Waals surface area contributed by atoms with Crippen molar-refractivity contribution in [2.75, 3.05) is 13.2 Å². The number of hydrogen-bond donors (Lipinski definition) is 0. The van der Waals surface area contributed by atoms with Gasteiger partial charge in [-0.1, -0.05) is 18.2 Å². The van der Waals surface area contributed by atoms with Gasteiger partial charge in [-0.15, -0.1) is 0 Å². The lowest BCUT2D eigenvalue weighted by molar-refractivity contribution is -0.384. The SMILES string of the molecule is Cc1cccc(OCCOc2cccc([N+](=O)[O-])c2)c1. The highest BCUT2D eigenvalue weighted by molar-refractivity contribution is 5.37. The number of aryl methyl sites for hydroxylation is 1. The van der Waals surface area contributed by atoms with Crippen LogP contribution in [0.3, 0.4) is 0 Å². The van der Waals surface area contributed by atoms with Gasteiger partial charge in [0.15, 0.2) is 0 Å². The Kier molecular flexibility index (Phi) is 4.55. The Bertz CT molecular complexity index is 598. The summed E-state index contributed by atoms with van der Waals surface area (Å²) in [4.78, 5) is 10.2. The Labute approximate surface area is 116 Å². The number of nitro groups is 1. The van der Waals surface area contributed by atoms with Gasteiger partial charge in [0.1, 0.15) is 24.7 Å². The fourth-order valence-electron chi connectivity index (χ4n) is 1.71. The molecule has 0 saturated carbocycles. The highest BCUT2D eigenvalue weighted by Crippen LogP contribution is 2.19. The third-order valence-corrected chi connectivity index (χ3v) is 2.64. The van der Waals surface area contributed by atoms with Gasteiger partial charge >= 0.3 is 0 Å². The molecule has 2 aromatic rings. The van der Waals surface area contributed by atoms with Crippen molar-refractivity contribution >= 4 is 5.69 Å². The lowest BCUT2D eigenvalue weighted by Crippen LogP contribution is -2.09. The summed E-state index contributed by atoms with van der Waals surface area (Å²) in [6, 6.07) is 13.8. The lowest BCUT2D eigenvalue weighted by Gasteiger charge is -2.08. The van der Waals surface area contributed by atoms with Gasteiger partial charge in [0.2, 0.25) is 0 Å². The molecule has 0 N–H and O–H groups in total. The number of nitro benzene ring substituents is 1. The van der Waals surface area contributed by atoms with Gasteiger partial charge in [-0.3, -0.25) is 10.1 Å². The summed E-state index contributed by atoms with van der Waals surface area (Å²) in [5.41, 5.74) is 1.14. The lowest BCUT2D eigenvalue weighted by atomic mass is 10.2. The Morgan fingerprint density at radius 3 is 2.20 bits per heavy atom. The van der Waals surface area contributed by atoms with Crippen molar-refractivity contribution in [3.8, 4) is 11.5 Å². The molecule has 0 aliphatic carbocycles. The van der Waals surface area contributed by atoms with Crippen LogP contribution in [-0.4, -0.2) is 18.1 Å². The van der Waals surface area contributed by atoms with Crippen LogP contribution in [0.2, 0.25) is 0 Å². The average Bonchev–Trinajstić information content (AvgIpc) is 2.44. The van der Waals surface area contributed by atoms with Gasteiger partial charge in [-0.05, 0) is 30.7 Å². The highest BCUT2D eigenvalue weighted by atomic mass is 16.6. The summed E-state index contributed by atoms with van der Waals surface area (Å²) in [6.45, 7) is 2.70. The van der Waals surface area contributed by atoms with Crippen molar-refractivity contribution in [2.45, 2.75) is 6.92 Å². The standard InChI is InChI=1S/C15H15NO4/c1-12-4-2-6-14(10-12)19-8-9-20-15-7-3-5-13(11-15)16(17)18/h2-7,10-11H,8-9H2,1H3. The van der Waals surface area contributed by atoms with E-state index in [1.807, 2.05) is 31.2 Å². The largest absolute Gasteiger partial charge is 0.490 e. The van der Waals surface area contributed by atoms with Crippen LogP contribution in [0.5, 0.6) is 11.5 Å². The number of benzene rings is 2. The minimum atomic E-state index is -0.448. The Hall–Kier alpha value is -2.56. The van der Waals surface area contributed by atoms with Crippen LogP contribution >= 0.6 is 0 Å². The van der Waals surface area contributed by atoms with E-state index in [4.69, 9.17) is 9.47 Å². The number of ether oxygens (including phenoxy) is 2. The first kappa shape index (κ1) is 13.9. The fraction of sp³-hybridized carbons (Fsp3) is 0.200. The Balaban J connectivity index is 1.81. The van der Waals surface area contributed by atoms with Crippen LogP contribution in [-0.2, 0) is 0 Å². The first-order valence-electron chi connectivity index (χ1n) is 6.22. The first-order valence-corrected chi connectivity index (χ1v) is 6.22. The maximum atomic E-state index is 10.6. The second kappa shape index (κ2) is 6.56. The number of non-ortho nitro benzene ring substituents is 1. The number of hydrogen-bond acceptors (Lipinski definition) is 4. The zero-order valence-electron chi connectivity index (χ0n) is 11.1. The van der Waals surface area contributed by atoms with E-state index in [0.717, 1.165) is 11.3 Å². The molecule has 0 fully saturated rings. The first-order chi connectivity index (χ1) is 9.65.